The number of furan rings is 2. The number of hydrogen-bond acceptors (Lipinski definition) is 3. The van der Waals surface area contributed by atoms with Crippen molar-refractivity contribution in [1.29, 1.82) is 0 Å². The summed E-state index contributed by atoms with van der Waals surface area (Å²) in [5, 5.41) is 6.88. The minimum absolute atomic E-state index is 0.123. The number of benzene rings is 10. The second-order valence-corrected chi connectivity index (χ2v) is 18.5. The van der Waals surface area contributed by atoms with E-state index in [1.807, 2.05) is 18.2 Å². The zero-order valence-corrected chi connectivity index (χ0v) is 37.0. The number of rotatable bonds is 6. The fourth-order valence-corrected chi connectivity index (χ4v) is 11.1. The van der Waals surface area contributed by atoms with Gasteiger partial charge in [-0.25, -0.2) is 0 Å². The van der Waals surface area contributed by atoms with Gasteiger partial charge in [-0.2, -0.15) is 0 Å². The van der Waals surface area contributed by atoms with Crippen molar-refractivity contribution in [2.75, 3.05) is 4.90 Å². The maximum absolute atomic E-state index is 6.55. The molecular weight excluding hydrogens is 817 g/mol. The summed E-state index contributed by atoms with van der Waals surface area (Å²) in [6, 6.07) is 79.0. The number of aromatic nitrogens is 1. The Labute approximate surface area is 387 Å². The molecule has 3 aromatic heterocycles. The zero-order chi connectivity index (χ0) is 44.4. The summed E-state index contributed by atoms with van der Waals surface area (Å²) in [6.45, 7) is 4.70. The summed E-state index contributed by atoms with van der Waals surface area (Å²) in [7, 11) is 0. The molecule has 0 saturated heterocycles. The highest BCUT2D eigenvalue weighted by Gasteiger charge is 2.35. The van der Waals surface area contributed by atoms with Crippen molar-refractivity contribution >= 4 is 82.7 Å². The lowest BCUT2D eigenvalue weighted by Crippen LogP contribution is -2.16. The molecule has 10 aromatic carbocycles. The van der Waals surface area contributed by atoms with Crippen LogP contribution in [0.5, 0.6) is 0 Å². The smallest absolute Gasteiger partial charge is 0.145 e. The van der Waals surface area contributed by atoms with E-state index in [4.69, 9.17) is 8.83 Å². The molecular formula is C63H42N2O2. The van der Waals surface area contributed by atoms with Crippen LogP contribution in [-0.4, -0.2) is 4.57 Å². The molecule has 4 heteroatoms. The van der Waals surface area contributed by atoms with Crippen LogP contribution in [0.1, 0.15) is 25.0 Å². The molecule has 0 unspecified atom stereocenters. The molecule has 1 aliphatic carbocycles. The van der Waals surface area contributed by atoms with E-state index in [1.54, 1.807) is 0 Å². The molecule has 316 valence electrons. The SMILES string of the molecule is CC1(C)c2ccccc2-c2ccc(N(c3ccc(-c4ccc(-n5c6ccccc6c6c7oc8ccccc8c7ccc65)cc4)cc3)c3ccc(-c4ccc5oc6ccccc6c5c4)cc3)cc21. The number of para-hydroxylation sites is 3. The lowest BCUT2D eigenvalue weighted by atomic mass is 9.82. The first-order valence-corrected chi connectivity index (χ1v) is 23.1. The Morgan fingerprint density at radius 3 is 1.67 bits per heavy atom. The van der Waals surface area contributed by atoms with Crippen molar-refractivity contribution in [2.24, 2.45) is 0 Å². The third-order valence-electron chi connectivity index (χ3n) is 14.4. The van der Waals surface area contributed by atoms with Gasteiger partial charge in [0.2, 0.25) is 0 Å². The van der Waals surface area contributed by atoms with Gasteiger partial charge in [0.05, 0.1) is 16.4 Å². The van der Waals surface area contributed by atoms with E-state index in [0.29, 0.717) is 0 Å². The average Bonchev–Trinajstić information content (AvgIpc) is 4.11. The summed E-state index contributed by atoms with van der Waals surface area (Å²) in [5.41, 5.74) is 20.2. The first-order valence-electron chi connectivity index (χ1n) is 23.1. The third-order valence-corrected chi connectivity index (χ3v) is 14.4. The minimum Gasteiger partial charge on any atom is -0.456 e. The molecule has 0 atom stereocenters. The fraction of sp³-hybridized carbons (Fsp3) is 0.0476. The Kier molecular flexibility index (Phi) is 8.00. The second kappa shape index (κ2) is 14.2. The van der Waals surface area contributed by atoms with Crippen LogP contribution in [0.25, 0.3) is 105 Å². The number of fused-ring (bicyclic) bond motifs is 13. The first-order chi connectivity index (χ1) is 33.0. The molecule has 3 heterocycles. The molecule has 13 aromatic rings. The number of hydrogen-bond donors (Lipinski definition) is 0. The van der Waals surface area contributed by atoms with Gasteiger partial charge in [0.25, 0.3) is 0 Å². The topological polar surface area (TPSA) is 34.5 Å². The van der Waals surface area contributed by atoms with Crippen LogP contribution in [-0.2, 0) is 5.41 Å². The Morgan fingerprint density at radius 1 is 0.373 bits per heavy atom. The average molecular weight is 859 g/mol. The predicted molar refractivity (Wildman–Crippen MR) is 278 cm³/mol. The van der Waals surface area contributed by atoms with Crippen molar-refractivity contribution in [1.82, 2.24) is 4.57 Å². The highest BCUT2D eigenvalue weighted by Crippen LogP contribution is 2.51. The molecule has 0 spiro atoms. The van der Waals surface area contributed by atoms with Gasteiger partial charge in [0.1, 0.15) is 22.3 Å². The quantitative estimate of drug-likeness (QED) is 0.167. The Balaban J connectivity index is 0.835. The van der Waals surface area contributed by atoms with Gasteiger partial charge >= 0.3 is 0 Å². The molecule has 67 heavy (non-hydrogen) atoms. The van der Waals surface area contributed by atoms with E-state index in [0.717, 1.165) is 105 Å². The highest BCUT2D eigenvalue weighted by molar-refractivity contribution is 6.23. The molecule has 1 aliphatic rings. The first kappa shape index (κ1) is 37.7. The van der Waals surface area contributed by atoms with E-state index in [1.165, 1.54) is 27.6 Å². The van der Waals surface area contributed by atoms with Crippen molar-refractivity contribution in [3.8, 4) is 39.1 Å². The van der Waals surface area contributed by atoms with Gasteiger partial charge in [0.15, 0.2) is 0 Å². The summed E-state index contributed by atoms with van der Waals surface area (Å²) < 4.78 is 15.1. The molecule has 0 fully saturated rings. The van der Waals surface area contributed by atoms with Crippen LogP contribution >= 0.6 is 0 Å². The third kappa shape index (κ3) is 5.66. The van der Waals surface area contributed by atoms with E-state index >= 15 is 0 Å². The van der Waals surface area contributed by atoms with Crippen molar-refractivity contribution in [2.45, 2.75) is 19.3 Å². The van der Waals surface area contributed by atoms with Crippen LogP contribution in [0, 0.1) is 0 Å². The van der Waals surface area contributed by atoms with Gasteiger partial charge < -0.3 is 18.3 Å². The van der Waals surface area contributed by atoms with Crippen molar-refractivity contribution in [3.63, 3.8) is 0 Å². The van der Waals surface area contributed by atoms with Crippen LogP contribution in [0.15, 0.2) is 227 Å². The van der Waals surface area contributed by atoms with Crippen LogP contribution < -0.4 is 4.90 Å². The zero-order valence-electron chi connectivity index (χ0n) is 37.0. The Morgan fingerprint density at radius 2 is 0.925 bits per heavy atom. The molecule has 0 aliphatic heterocycles. The van der Waals surface area contributed by atoms with Gasteiger partial charge in [-0.15, -0.1) is 0 Å². The monoisotopic (exact) mass is 858 g/mol. The summed E-state index contributed by atoms with van der Waals surface area (Å²) in [6.07, 6.45) is 0. The van der Waals surface area contributed by atoms with Gasteiger partial charge in [-0.3, -0.25) is 0 Å². The molecule has 0 saturated carbocycles. The number of anilines is 3. The molecule has 0 bridgehead atoms. The molecule has 0 radical (unpaired) electrons. The minimum atomic E-state index is -0.123. The highest BCUT2D eigenvalue weighted by atomic mass is 16.3. The lowest BCUT2D eigenvalue weighted by Gasteiger charge is -2.28. The number of nitrogens with zero attached hydrogens (tertiary/aromatic N) is 2. The largest absolute Gasteiger partial charge is 0.456 e. The Hall–Kier alpha value is -8.60. The van der Waals surface area contributed by atoms with E-state index in [9.17, 15) is 0 Å². The van der Waals surface area contributed by atoms with E-state index in [-0.39, 0.29) is 5.41 Å². The van der Waals surface area contributed by atoms with Crippen molar-refractivity contribution in [3.05, 3.63) is 230 Å². The van der Waals surface area contributed by atoms with E-state index < -0.39 is 0 Å². The lowest BCUT2D eigenvalue weighted by molar-refractivity contribution is 0.660. The molecule has 0 N–H and O–H groups in total. The molecule has 4 nitrogen and oxygen atoms in total. The maximum atomic E-state index is 6.55. The normalized spacial score (nSPS) is 13.0. The molecule has 14 rings (SSSR count). The van der Waals surface area contributed by atoms with Crippen molar-refractivity contribution < 1.29 is 8.83 Å². The maximum Gasteiger partial charge on any atom is 0.145 e. The predicted octanol–water partition coefficient (Wildman–Crippen LogP) is 17.7. The van der Waals surface area contributed by atoms with Gasteiger partial charge in [0, 0.05) is 55.1 Å². The standard InChI is InChI=1S/C63H42N2O2/c1-63(2)54-15-7-3-11-47(54)48-33-32-46(38-55(48)63)64(44-28-23-41(24-29-44)42-25-36-60-53(37-42)50-13-6-9-17-58(50)66-60)43-26-19-39(20-27-43)40-21-30-45(31-22-40)65-56-16-8-4-14-52(56)61-57(65)35-34-51-49-12-5-10-18-59(49)67-62(51)61/h3-38H,1-2H3. The fourth-order valence-electron chi connectivity index (χ4n) is 11.1. The van der Waals surface area contributed by atoms with Crippen LogP contribution in [0.2, 0.25) is 0 Å². The Bertz CT molecular complexity index is 4110. The molecule has 0 amide bonds. The van der Waals surface area contributed by atoms with Crippen LogP contribution in [0.4, 0.5) is 17.1 Å². The van der Waals surface area contributed by atoms with Crippen LogP contribution in [0.3, 0.4) is 0 Å². The van der Waals surface area contributed by atoms with E-state index in [2.05, 4.69) is 224 Å². The summed E-state index contributed by atoms with van der Waals surface area (Å²) in [5.74, 6) is 0. The second-order valence-electron chi connectivity index (χ2n) is 18.5. The van der Waals surface area contributed by atoms with Gasteiger partial charge in [-0.1, -0.05) is 141 Å². The van der Waals surface area contributed by atoms with Gasteiger partial charge in [-0.05, 0) is 136 Å². The summed E-state index contributed by atoms with van der Waals surface area (Å²) in [4.78, 5) is 2.39. The summed E-state index contributed by atoms with van der Waals surface area (Å²) >= 11 is 0.